The number of pyridine rings is 1. The molecule has 1 atom stereocenters. The predicted octanol–water partition coefficient (Wildman–Crippen LogP) is 2.75. The van der Waals surface area contributed by atoms with Crippen molar-refractivity contribution in [3.8, 4) is 0 Å². The van der Waals surface area contributed by atoms with Gasteiger partial charge in [0.25, 0.3) is 11.5 Å². The van der Waals surface area contributed by atoms with E-state index in [1.165, 1.54) is 11.8 Å². The Hall–Kier alpha value is -2.23. The van der Waals surface area contributed by atoms with Crippen LogP contribution >= 0.6 is 24.0 Å². The second kappa shape index (κ2) is 8.72. The molecule has 164 valence electrons. The summed E-state index contributed by atoms with van der Waals surface area (Å²) in [6.45, 7) is 9.31. The molecule has 2 aromatic rings. The highest BCUT2D eigenvalue weighted by molar-refractivity contribution is 8.26. The first-order valence-corrected chi connectivity index (χ1v) is 11.8. The Balaban J connectivity index is 1.87. The topological polar surface area (TPSA) is 61.2 Å². The Kier molecular flexibility index (Phi) is 6.18. The van der Waals surface area contributed by atoms with Gasteiger partial charge in [-0.2, -0.15) is 0 Å². The Morgan fingerprint density at radius 2 is 1.97 bits per heavy atom. The highest BCUT2D eigenvalue weighted by atomic mass is 32.2. The smallest absolute Gasteiger partial charge is 0.267 e. The zero-order chi connectivity index (χ0) is 22.3. The van der Waals surface area contributed by atoms with Gasteiger partial charge in [0, 0.05) is 38.4 Å². The first-order valence-electron chi connectivity index (χ1n) is 10.5. The SMILES string of the molecule is CCC(C)N1C(=O)/C(=C/c2c(N3CCN(C)CC3)nc3c(C)cccn3c2=O)SC1=S. The molecule has 4 rings (SSSR count). The van der Waals surface area contributed by atoms with Crippen molar-refractivity contribution in [3.63, 3.8) is 0 Å². The molecule has 4 heterocycles. The molecule has 0 spiro atoms. The number of likely N-dealkylation sites (N-methyl/N-ethyl adjacent to an activating group) is 1. The van der Waals surface area contributed by atoms with E-state index in [0.717, 1.165) is 38.2 Å². The maximum atomic E-state index is 13.5. The molecule has 2 aliphatic heterocycles. The first-order chi connectivity index (χ1) is 14.8. The summed E-state index contributed by atoms with van der Waals surface area (Å²) in [5.74, 6) is 0.503. The van der Waals surface area contributed by atoms with Crippen LogP contribution in [0, 0.1) is 6.92 Å². The van der Waals surface area contributed by atoms with Gasteiger partial charge in [-0.25, -0.2) is 4.98 Å². The van der Waals surface area contributed by atoms with Gasteiger partial charge in [-0.1, -0.05) is 37.0 Å². The molecular formula is C22H27N5O2S2. The molecule has 0 radical (unpaired) electrons. The number of hydrogen-bond donors (Lipinski definition) is 0. The van der Waals surface area contributed by atoms with E-state index in [1.807, 2.05) is 32.9 Å². The Morgan fingerprint density at radius 3 is 2.65 bits per heavy atom. The van der Waals surface area contributed by atoms with Gasteiger partial charge >= 0.3 is 0 Å². The molecule has 0 aromatic carbocycles. The summed E-state index contributed by atoms with van der Waals surface area (Å²) in [7, 11) is 2.09. The number of piperazine rings is 1. The maximum absolute atomic E-state index is 13.5. The fraction of sp³-hybridized carbons (Fsp3) is 0.455. The number of thiocarbonyl (C=S) groups is 1. The van der Waals surface area contributed by atoms with Gasteiger partial charge < -0.3 is 9.80 Å². The lowest BCUT2D eigenvalue weighted by Gasteiger charge is -2.34. The zero-order valence-corrected chi connectivity index (χ0v) is 19.9. The first kappa shape index (κ1) is 22.0. The van der Waals surface area contributed by atoms with Crippen LogP contribution in [0.1, 0.15) is 31.4 Å². The molecule has 0 aliphatic carbocycles. The fourth-order valence-electron chi connectivity index (χ4n) is 3.86. The minimum Gasteiger partial charge on any atom is -0.353 e. The Bertz CT molecular complexity index is 1130. The summed E-state index contributed by atoms with van der Waals surface area (Å²) in [5.41, 5.74) is 1.85. The van der Waals surface area contributed by atoms with E-state index in [0.29, 0.717) is 26.3 Å². The number of thioether (sulfide) groups is 1. The van der Waals surface area contributed by atoms with E-state index in [2.05, 4.69) is 16.8 Å². The van der Waals surface area contributed by atoms with Crippen molar-refractivity contribution in [2.75, 3.05) is 38.1 Å². The van der Waals surface area contributed by atoms with Gasteiger partial charge in [-0.05, 0) is 45.0 Å². The van der Waals surface area contributed by atoms with Crippen LogP contribution in [0.3, 0.4) is 0 Å². The number of rotatable bonds is 4. The van der Waals surface area contributed by atoms with Crippen molar-refractivity contribution >= 4 is 51.7 Å². The van der Waals surface area contributed by atoms with Crippen molar-refractivity contribution < 1.29 is 4.79 Å². The second-order valence-corrected chi connectivity index (χ2v) is 9.81. The predicted molar refractivity (Wildman–Crippen MR) is 131 cm³/mol. The van der Waals surface area contributed by atoms with Crippen molar-refractivity contribution in [1.29, 1.82) is 0 Å². The average Bonchev–Trinajstić information content (AvgIpc) is 3.03. The fourth-order valence-corrected chi connectivity index (χ4v) is 5.30. The molecule has 1 amide bonds. The Morgan fingerprint density at radius 1 is 1.26 bits per heavy atom. The number of hydrogen-bond acceptors (Lipinski definition) is 7. The number of fused-ring (bicyclic) bond motifs is 1. The van der Waals surface area contributed by atoms with Gasteiger partial charge in [0.05, 0.1) is 10.5 Å². The minimum atomic E-state index is -0.170. The standard InChI is InChI=1S/C22H27N5O2S2/c1-5-15(3)27-21(29)17(31-22(27)30)13-16-19(25-11-9-24(4)10-12-25)23-18-14(2)7-6-8-26(18)20(16)28/h6-8,13,15H,5,9-12H2,1-4H3/b17-13-. The molecule has 2 aromatic heterocycles. The molecule has 1 unspecified atom stereocenters. The number of anilines is 1. The van der Waals surface area contributed by atoms with Crippen LogP contribution in [0.25, 0.3) is 11.7 Å². The summed E-state index contributed by atoms with van der Waals surface area (Å²) in [6, 6.07) is 3.81. The van der Waals surface area contributed by atoms with Crippen molar-refractivity contribution in [1.82, 2.24) is 19.2 Å². The van der Waals surface area contributed by atoms with Crippen molar-refractivity contribution in [2.45, 2.75) is 33.2 Å². The third-order valence-electron chi connectivity index (χ3n) is 6.00. The highest BCUT2D eigenvalue weighted by Gasteiger charge is 2.35. The third-order valence-corrected chi connectivity index (χ3v) is 7.33. The maximum Gasteiger partial charge on any atom is 0.267 e. The average molecular weight is 458 g/mol. The van der Waals surface area contributed by atoms with Gasteiger partial charge in [0.1, 0.15) is 15.8 Å². The molecule has 2 saturated heterocycles. The van der Waals surface area contributed by atoms with E-state index < -0.39 is 0 Å². The van der Waals surface area contributed by atoms with E-state index in [4.69, 9.17) is 17.2 Å². The molecule has 2 aliphatic rings. The number of carbonyl (C=O) groups excluding carboxylic acids is 1. The van der Waals surface area contributed by atoms with E-state index in [1.54, 1.807) is 21.6 Å². The second-order valence-electron chi connectivity index (χ2n) is 8.14. The summed E-state index contributed by atoms with van der Waals surface area (Å²) in [6.07, 6.45) is 4.23. The molecule has 0 N–H and O–H groups in total. The summed E-state index contributed by atoms with van der Waals surface area (Å²) in [5, 5.41) is 0. The van der Waals surface area contributed by atoms with Gasteiger partial charge in [0.2, 0.25) is 0 Å². The van der Waals surface area contributed by atoms with Crippen molar-refractivity contribution in [2.24, 2.45) is 0 Å². The van der Waals surface area contributed by atoms with Gasteiger partial charge in [0.15, 0.2) is 0 Å². The van der Waals surface area contributed by atoms with Crippen LogP contribution in [0.15, 0.2) is 28.0 Å². The quantitative estimate of drug-likeness (QED) is 0.517. The van der Waals surface area contributed by atoms with E-state index in [-0.39, 0.29) is 17.5 Å². The number of amides is 1. The number of aromatic nitrogens is 2. The lowest BCUT2D eigenvalue weighted by Crippen LogP contribution is -2.45. The van der Waals surface area contributed by atoms with Crippen LogP contribution in [0.2, 0.25) is 0 Å². The number of nitrogens with zero attached hydrogens (tertiary/aromatic N) is 5. The van der Waals surface area contributed by atoms with Gasteiger partial charge in [-0.3, -0.25) is 18.9 Å². The van der Waals surface area contributed by atoms with Crippen LogP contribution in [0.4, 0.5) is 5.82 Å². The molecule has 9 heteroatoms. The largest absolute Gasteiger partial charge is 0.353 e. The van der Waals surface area contributed by atoms with Crippen LogP contribution in [-0.2, 0) is 4.79 Å². The summed E-state index contributed by atoms with van der Waals surface area (Å²) < 4.78 is 2.10. The molecule has 0 saturated carbocycles. The molecule has 7 nitrogen and oxygen atoms in total. The minimum absolute atomic E-state index is 0.0222. The Labute approximate surface area is 191 Å². The number of aryl methyl sites for hydroxylation is 1. The van der Waals surface area contributed by atoms with E-state index in [9.17, 15) is 9.59 Å². The van der Waals surface area contributed by atoms with Crippen LogP contribution < -0.4 is 10.5 Å². The zero-order valence-electron chi connectivity index (χ0n) is 18.3. The van der Waals surface area contributed by atoms with Gasteiger partial charge in [-0.15, -0.1) is 0 Å². The summed E-state index contributed by atoms with van der Waals surface area (Å²) in [4.78, 5) is 38.0. The molecule has 31 heavy (non-hydrogen) atoms. The normalized spacial score (nSPS) is 20.3. The highest BCUT2D eigenvalue weighted by Crippen LogP contribution is 2.35. The molecule has 2 fully saturated rings. The van der Waals surface area contributed by atoms with Crippen molar-refractivity contribution in [3.05, 3.63) is 44.7 Å². The van der Waals surface area contributed by atoms with E-state index >= 15 is 0 Å². The molecular weight excluding hydrogens is 430 g/mol. The lowest BCUT2D eigenvalue weighted by atomic mass is 10.2. The molecule has 0 bridgehead atoms. The van der Waals surface area contributed by atoms with Crippen LogP contribution in [-0.4, -0.2) is 68.7 Å². The monoisotopic (exact) mass is 457 g/mol. The number of carbonyl (C=O) groups is 1. The van der Waals surface area contributed by atoms with Crippen LogP contribution in [0.5, 0.6) is 0 Å². The summed E-state index contributed by atoms with van der Waals surface area (Å²) >= 11 is 6.72. The lowest BCUT2D eigenvalue weighted by molar-refractivity contribution is -0.123. The third kappa shape index (κ3) is 4.02.